The van der Waals surface area contributed by atoms with E-state index >= 15 is 0 Å². The first-order valence-corrected chi connectivity index (χ1v) is 8.62. The lowest BCUT2D eigenvalue weighted by Gasteiger charge is -2.11. The molecule has 1 aromatic heterocycles. The second-order valence-electron chi connectivity index (χ2n) is 5.31. The Hall–Kier alpha value is -2.57. The van der Waals surface area contributed by atoms with Crippen molar-refractivity contribution in [3.05, 3.63) is 52.4 Å². The zero-order chi connectivity index (χ0) is 18.0. The molecule has 1 heterocycles. The fourth-order valence-corrected chi connectivity index (χ4v) is 3.68. The average Bonchev–Trinajstić information content (AvgIpc) is 3.00. The smallest absolute Gasteiger partial charge is 0.265 e. The maximum Gasteiger partial charge on any atom is 0.265 e. The van der Waals surface area contributed by atoms with Crippen molar-refractivity contribution in [1.29, 1.82) is 0 Å². The number of ether oxygens (including phenoxy) is 1. The number of methoxy groups -OCH3 is 1. The molecule has 3 rings (SSSR count). The Bertz CT molecular complexity index is 968. The molecule has 0 bridgehead atoms. The van der Waals surface area contributed by atoms with E-state index in [-0.39, 0.29) is 11.8 Å². The molecule has 0 aliphatic carbocycles. The van der Waals surface area contributed by atoms with Crippen LogP contribution in [0.25, 0.3) is 10.1 Å². The molecule has 7 heteroatoms. The van der Waals surface area contributed by atoms with Crippen molar-refractivity contribution in [3.63, 3.8) is 0 Å². The highest BCUT2D eigenvalue weighted by atomic mass is 35.5. The standard InChI is InChI=1S/C18H15ClN2O3S/c1-10(22)20-11-6-7-15(24-2)14(8-11)21-18(23)17-9-12-13(19)4-3-5-16(12)25-17/h3-9H,1-2H3,(H,20,22)(H,21,23). The van der Waals surface area contributed by atoms with Gasteiger partial charge in [-0.3, -0.25) is 9.59 Å². The van der Waals surface area contributed by atoms with Gasteiger partial charge in [-0.15, -0.1) is 11.3 Å². The molecule has 2 aromatic carbocycles. The van der Waals surface area contributed by atoms with Crippen LogP contribution >= 0.6 is 22.9 Å². The van der Waals surface area contributed by atoms with Gasteiger partial charge in [-0.2, -0.15) is 0 Å². The summed E-state index contributed by atoms with van der Waals surface area (Å²) in [6.45, 7) is 1.42. The lowest BCUT2D eigenvalue weighted by Crippen LogP contribution is -2.12. The summed E-state index contributed by atoms with van der Waals surface area (Å²) in [6, 6.07) is 12.4. The molecule has 0 atom stereocenters. The van der Waals surface area contributed by atoms with Crippen LogP contribution < -0.4 is 15.4 Å². The number of anilines is 2. The lowest BCUT2D eigenvalue weighted by atomic mass is 10.2. The summed E-state index contributed by atoms with van der Waals surface area (Å²) in [6.07, 6.45) is 0. The molecule has 5 nitrogen and oxygen atoms in total. The minimum atomic E-state index is -0.268. The molecule has 2 N–H and O–H groups in total. The number of rotatable bonds is 4. The van der Waals surface area contributed by atoms with Gasteiger partial charge in [0.1, 0.15) is 5.75 Å². The summed E-state index contributed by atoms with van der Waals surface area (Å²) in [5.74, 6) is 0.0405. The molecular formula is C18H15ClN2O3S. The fourth-order valence-electron chi connectivity index (χ4n) is 2.41. The van der Waals surface area contributed by atoms with E-state index in [2.05, 4.69) is 10.6 Å². The van der Waals surface area contributed by atoms with Crippen LogP contribution in [0.1, 0.15) is 16.6 Å². The number of benzene rings is 2. The minimum absolute atomic E-state index is 0.193. The average molecular weight is 375 g/mol. The van der Waals surface area contributed by atoms with Crippen molar-refractivity contribution in [2.45, 2.75) is 6.92 Å². The first-order chi connectivity index (χ1) is 12.0. The van der Waals surface area contributed by atoms with Crippen molar-refractivity contribution in [2.24, 2.45) is 0 Å². The molecule has 0 saturated heterocycles. The molecule has 3 aromatic rings. The van der Waals surface area contributed by atoms with Crippen LogP contribution in [-0.2, 0) is 4.79 Å². The molecule has 25 heavy (non-hydrogen) atoms. The summed E-state index contributed by atoms with van der Waals surface area (Å²) < 4.78 is 6.22. The molecule has 0 aliphatic rings. The van der Waals surface area contributed by atoms with E-state index in [1.807, 2.05) is 12.1 Å². The SMILES string of the molecule is COc1ccc(NC(C)=O)cc1NC(=O)c1cc2c(Cl)cccc2s1. The Morgan fingerprint density at radius 3 is 2.60 bits per heavy atom. The van der Waals surface area contributed by atoms with Crippen molar-refractivity contribution in [1.82, 2.24) is 0 Å². The van der Waals surface area contributed by atoms with E-state index in [0.29, 0.717) is 27.0 Å². The highest BCUT2D eigenvalue weighted by molar-refractivity contribution is 7.21. The van der Waals surface area contributed by atoms with Crippen molar-refractivity contribution < 1.29 is 14.3 Å². The molecule has 0 spiro atoms. The summed E-state index contributed by atoms with van der Waals surface area (Å²) in [7, 11) is 1.52. The molecule has 128 valence electrons. The molecule has 0 unspecified atom stereocenters. The fraction of sp³-hybridized carbons (Fsp3) is 0.111. The first-order valence-electron chi connectivity index (χ1n) is 7.43. The topological polar surface area (TPSA) is 67.4 Å². The molecule has 2 amide bonds. The minimum Gasteiger partial charge on any atom is -0.495 e. The van der Waals surface area contributed by atoms with Gasteiger partial charge >= 0.3 is 0 Å². The Morgan fingerprint density at radius 2 is 1.92 bits per heavy atom. The lowest BCUT2D eigenvalue weighted by molar-refractivity contribution is -0.114. The molecular weight excluding hydrogens is 360 g/mol. The second-order valence-corrected chi connectivity index (χ2v) is 6.80. The number of nitrogens with one attached hydrogen (secondary N) is 2. The number of hydrogen-bond acceptors (Lipinski definition) is 4. The van der Waals surface area contributed by atoms with Crippen molar-refractivity contribution in [3.8, 4) is 5.75 Å². The zero-order valence-electron chi connectivity index (χ0n) is 13.6. The van der Waals surface area contributed by atoms with Gasteiger partial charge in [0.25, 0.3) is 5.91 Å². The molecule has 0 radical (unpaired) electrons. The summed E-state index contributed by atoms with van der Waals surface area (Å²) in [5, 5.41) is 6.96. The van der Waals surface area contributed by atoms with Gasteiger partial charge in [0.2, 0.25) is 5.91 Å². The first kappa shape index (κ1) is 17.3. The van der Waals surface area contributed by atoms with Gasteiger partial charge in [0, 0.05) is 27.7 Å². The van der Waals surface area contributed by atoms with E-state index in [1.54, 1.807) is 30.3 Å². The molecule has 0 fully saturated rings. The van der Waals surface area contributed by atoms with Gasteiger partial charge in [-0.05, 0) is 36.4 Å². The van der Waals surface area contributed by atoms with E-state index in [4.69, 9.17) is 16.3 Å². The summed E-state index contributed by atoms with van der Waals surface area (Å²) in [4.78, 5) is 24.4. The van der Waals surface area contributed by atoms with Crippen LogP contribution in [0, 0.1) is 0 Å². The maximum absolute atomic E-state index is 12.6. The van der Waals surface area contributed by atoms with E-state index in [1.165, 1.54) is 25.4 Å². The molecule has 0 aliphatic heterocycles. The van der Waals surface area contributed by atoms with Crippen LogP contribution in [0.5, 0.6) is 5.75 Å². The predicted octanol–water partition coefficient (Wildman–Crippen LogP) is 4.77. The largest absolute Gasteiger partial charge is 0.495 e. The van der Waals surface area contributed by atoms with Crippen LogP contribution in [0.3, 0.4) is 0 Å². The quantitative estimate of drug-likeness (QED) is 0.691. The Morgan fingerprint density at radius 1 is 1.12 bits per heavy atom. The number of carbonyl (C=O) groups excluding carboxylic acids is 2. The molecule has 0 saturated carbocycles. The Balaban J connectivity index is 1.90. The van der Waals surface area contributed by atoms with Crippen LogP contribution in [0.15, 0.2) is 42.5 Å². The van der Waals surface area contributed by atoms with Gasteiger partial charge in [-0.25, -0.2) is 0 Å². The third-order valence-electron chi connectivity index (χ3n) is 3.50. The van der Waals surface area contributed by atoms with Gasteiger partial charge in [0.05, 0.1) is 17.7 Å². The Kier molecular flexibility index (Phi) is 4.92. The van der Waals surface area contributed by atoms with Crippen molar-refractivity contribution >= 4 is 56.2 Å². The number of fused-ring (bicyclic) bond motifs is 1. The summed E-state index contributed by atoms with van der Waals surface area (Å²) >= 11 is 7.53. The number of thiophene rings is 1. The number of hydrogen-bond donors (Lipinski definition) is 2. The van der Waals surface area contributed by atoms with Crippen molar-refractivity contribution in [2.75, 3.05) is 17.7 Å². The van der Waals surface area contributed by atoms with E-state index < -0.39 is 0 Å². The van der Waals surface area contributed by atoms with Gasteiger partial charge < -0.3 is 15.4 Å². The van der Waals surface area contributed by atoms with Crippen LogP contribution in [0.4, 0.5) is 11.4 Å². The monoisotopic (exact) mass is 374 g/mol. The normalized spacial score (nSPS) is 10.5. The third kappa shape index (κ3) is 3.75. The zero-order valence-corrected chi connectivity index (χ0v) is 15.1. The van der Waals surface area contributed by atoms with Crippen LogP contribution in [-0.4, -0.2) is 18.9 Å². The van der Waals surface area contributed by atoms with Gasteiger partial charge in [0.15, 0.2) is 0 Å². The summed E-state index contributed by atoms with van der Waals surface area (Å²) in [5.41, 5.74) is 1.05. The third-order valence-corrected chi connectivity index (χ3v) is 4.93. The number of halogens is 1. The van der Waals surface area contributed by atoms with Crippen LogP contribution in [0.2, 0.25) is 5.02 Å². The van der Waals surface area contributed by atoms with E-state index in [0.717, 1.165) is 10.1 Å². The maximum atomic E-state index is 12.6. The second kappa shape index (κ2) is 7.13. The number of amides is 2. The highest BCUT2D eigenvalue weighted by Crippen LogP contribution is 2.33. The van der Waals surface area contributed by atoms with Gasteiger partial charge in [-0.1, -0.05) is 17.7 Å². The number of carbonyl (C=O) groups is 2. The Labute approximate surface area is 153 Å². The predicted molar refractivity (Wildman–Crippen MR) is 102 cm³/mol. The highest BCUT2D eigenvalue weighted by Gasteiger charge is 2.15. The van der Waals surface area contributed by atoms with E-state index in [9.17, 15) is 9.59 Å².